The van der Waals surface area contributed by atoms with Crippen molar-refractivity contribution in [1.29, 1.82) is 0 Å². The summed E-state index contributed by atoms with van der Waals surface area (Å²) >= 11 is 0.587. The molecule has 2 radical (unpaired) electrons. The third kappa shape index (κ3) is 17.6. The maximum Gasteiger partial charge on any atom is -0.147 e. The maximum absolute atomic E-state index is 9.99. The van der Waals surface area contributed by atoms with E-state index in [2.05, 4.69) is 3.07 Å². The van der Waals surface area contributed by atoms with Crippen LogP contribution in [0.5, 0.6) is 0 Å². The van der Waals surface area contributed by atoms with Crippen molar-refractivity contribution in [2.75, 3.05) is 0 Å². The second-order valence-corrected chi connectivity index (χ2v) is 1.52. The fraction of sp³-hybridized carbons (Fsp3) is 0.667. The summed E-state index contributed by atoms with van der Waals surface area (Å²) in [5, 5.41) is 0. The van der Waals surface area contributed by atoms with Gasteiger partial charge in [0.05, 0.1) is 0 Å². The number of halogens is 3. The quantitative estimate of drug-likeness (QED) is 0.676. The molecule has 6 heteroatoms. The monoisotopic (exact) mass is 302 g/mol. The van der Waals surface area contributed by atoms with Gasteiger partial charge in [-0.1, -0.05) is 0 Å². The molecule has 0 saturated heterocycles. The van der Waals surface area contributed by atoms with Crippen LogP contribution in [0.25, 0.3) is 0 Å². The van der Waals surface area contributed by atoms with Crippen LogP contribution in [0.3, 0.4) is 0 Å². The Morgan fingerprint density at radius 1 is 1.44 bits per heavy atom. The molecule has 9 heavy (non-hydrogen) atoms. The minimum Gasteiger partial charge on any atom is -0.147 e. The van der Waals surface area contributed by atoms with Gasteiger partial charge in [-0.05, 0) is 0 Å². The number of hydrogen-bond acceptors (Lipinski definition) is 2. The van der Waals surface area contributed by atoms with Crippen molar-refractivity contribution in [1.82, 2.24) is 0 Å². The molecule has 0 amide bonds. The summed E-state index contributed by atoms with van der Waals surface area (Å²) in [6, 6.07) is 0. The third-order valence-electron chi connectivity index (χ3n) is 0.420. The van der Waals surface area contributed by atoms with E-state index in [1.807, 2.05) is 0 Å². The molecule has 0 aliphatic carbocycles. The van der Waals surface area contributed by atoms with Crippen LogP contribution in [-0.4, -0.2) is 28.9 Å². The van der Waals surface area contributed by atoms with Crippen molar-refractivity contribution in [3.05, 3.63) is 0 Å². The maximum atomic E-state index is 9.99. The molecule has 0 fully saturated rings. The van der Waals surface area contributed by atoms with Crippen LogP contribution >= 0.6 is 37.2 Å². The van der Waals surface area contributed by atoms with Crippen LogP contribution in [-0.2, 0) is 7.87 Å². The van der Waals surface area contributed by atoms with E-state index in [1.165, 1.54) is 0 Å². The Bertz CT molecular complexity index is 55.0. The van der Waals surface area contributed by atoms with E-state index >= 15 is 0 Å². The van der Waals surface area contributed by atoms with E-state index in [1.54, 1.807) is 6.92 Å². The molecule has 0 N–H and O–H groups in total. The Hall–Kier alpha value is 1.14. The van der Waals surface area contributed by atoms with Gasteiger partial charge in [-0.3, -0.25) is 0 Å². The first-order valence-electron chi connectivity index (χ1n) is 1.70. The SMILES string of the molecule is CCC(=O)[O][SnH].Cl.Cl.Cl. The molecule has 0 unspecified atom stereocenters. The van der Waals surface area contributed by atoms with Gasteiger partial charge in [0, 0.05) is 0 Å². The van der Waals surface area contributed by atoms with Crippen LogP contribution in [0.2, 0.25) is 0 Å². The van der Waals surface area contributed by atoms with Gasteiger partial charge in [0.25, 0.3) is 0 Å². The van der Waals surface area contributed by atoms with Crippen molar-refractivity contribution in [3.8, 4) is 0 Å². The average Bonchev–Trinajstić information content (AvgIpc) is 1.65. The molecule has 0 atom stereocenters. The topological polar surface area (TPSA) is 26.3 Å². The van der Waals surface area contributed by atoms with Gasteiger partial charge >= 0.3 is 50.1 Å². The molecule has 0 aromatic carbocycles. The molecule has 2 nitrogen and oxygen atoms in total. The van der Waals surface area contributed by atoms with Crippen LogP contribution < -0.4 is 0 Å². The van der Waals surface area contributed by atoms with E-state index in [0.717, 1.165) is 0 Å². The second kappa shape index (κ2) is 16.1. The molecule has 0 saturated carbocycles. The molecule has 0 aromatic rings. The molecule has 0 aliphatic heterocycles. The van der Waals surface area contributed by atoms with Gasteiger partial charge in [-0.25, -0.2) is 0 Å². The molecule has 0 aliphatic rings. The predicted octanol–water partition coefficient (Wildman–Crippen LogP) is 1.02. The minimum absolute atomic E-state index is 0. The minimum atomic E-state index is -0.0996. The standard InChI is InChI=1S/C3H6O2.3ClH.Sn.H/c1-2-3(4)5;;;;;/h2H2,1H3,(H,4,5);3*1H;;/q;;;;+1;/p-1. The Morgan fingerprint density at radius 2 is 1.78 bits per heavy atom. The Kier molecular flexibility index (Phi) is 40.1. The second-order valence-electron chi connectivity index (χ2n) is 0.843. The first-order valence-corrected chi connectivity index (χ1v) is 3.05. The van der Waals surface area contributed by atoms with Crippen LogP contribution in [0, 0.1) is 0 Å². The van der Waals surface area contributed by atoms with Crippen LogP contribution in [0.4, 0.5) is 0 Å². The van der Waals surface area contributed by atoms with Gasteiger partial charge in [0.1, 0.15) is 0 Å². The zero-order valence-corrected chi connectivity index (χ0v) is 10.6. The smallest absolute Gasteiger partial charge is 0.147 e. The van der Waals surface area contributed by atoms with E-state index in [0.29, 0.717) is 29.4 Å². The number of carbonyl (C=O) groups is 1. The van der Waals surface area contributed by atoms with Crippen LogP contribution in [0.15, 0.2) is 0 Å². The van der Waals surface area contributed by atoms with E-state index in [9.17, 15) is 4.79 Å². The first kappa shape index (κ1) is 22.5. The molecule has 0 heterocycles. The van der Waals surface area contributed by atoms with Gasteiger partial charge in [0.15, 0.2) is 0 Å². The number of carbonyl (C=O) groups excluding carboxylic acids is 1. The van der Waals surface area contributed by atoms with Crippen molar-refractivity contribution in [3.63, 3.8) is 0 Å². The van der Waals surface area contributed by atoms with E-state index in [4.69, 9.17) is 0 Å². The van der Waals surface area contributed by atoms with E-state index in [-0.39, 0.29) is 43.2 Å². The summed E-state index contributed by atoms with van der Waals surface area (Å²) in [7, 11) is 0. The summed E-state index contributed by atoms with van der Waals surface area (Å²) in [5.41, 5.74) is 0. The van der Waals surface area contributed by atoms with Crippen molar-refractivity contribution in [2.45, 2.75) is 13.3 Å². The number of rotatable bonds is 1. The molecule has 0 rings (SSSR count). The third-order valence-corrected chi connectivity index (χ3v) is 1.17. The summed E-state index contributed by atoms with van der Waals surface area (Å²) in [6.45, 7) is 1.78. The fourth-order valence-corrected chi connectivity index (χ4v) is 0.559. The van der Waals surface area contributed by atoms with Crippen molar-refractivity contribution >= 4 is 66.1 Å². The molecule has 0 aromatic heterocycles. The predicted molar refractivity (Wildman–Crippen MR) is 45.3 cm³/mol. The largest absolute Gasteiger partial charge is 0.147 e. The summed E-state index contributed by atoms with van der Waals surface area (Å²) in [6.07, 6.45) is 0.501. The summed E-state index contributed by atoms with van der Waals surface area (Å²) in [5.74, 6) is -0.0996. The average molecular weight is 302 g/mol. The molecule has 0 spiro atoms. The molecule has 0 bridgehead atoms. The molecular formula is C3H9Cl3O2Sn. The van der Waals surface area contributed by atoms with Gasteiger partial charge in [-0.15, -0.1) is 37.2 Å². The summed E-state index contributed by atoms with van der Waals surface area (Å²) in [4.78, 5) is 9.99. The Balaban J connectivity index is -0.0000000417. The van der Waals surface area contributed by atoms with Gasteiger partial charge in [-0.2, -0.15) is 0 Å². The first-order chi connectivity index (χ1) is 2.81. The zero-order chi connectivity index (χ0) is 4.99. The normalized spacial score (nSPS) is 5.11. The van der Waals surface area contributed by atoms with Crippen molar-refractivity contribution in [2.24, 2.45) is 0 Å². The Labute approximate surface area is 87.0 Å². The zero-order valence-electron chi connectivity index (χ0n) is 4.83. The number of hydrogen-bond donors (Lipinski definition) is 0. The molecule has 58 valence electrons. The fourth-order valence-electron chi connectivity index (χ4n) is 0.0833. The Morgan fingerprint density at radius 3 is 1.78 bits per heavy atom. The van der Waals surface area contributed by atoms with E-state index < -0.39 is 0 Å². The van der Waals surface area contributed by atoms with Crippen molar-refractivity contribution < 1.29 is 7.87 Å². The summed E-state index contributed by atoms with van der Waals surface area (Å²) < 4.78 is 4.39. The molecular weight excluding hydrogens is 293 g/mol. The van der Waals surface area contributed by atoms with Crippen LogP contribution in [0.1, 0.15) is 13.3 Å². The van der Waals surface area contributed by atoms with Gasteiger partial charge in [0.2, 0.25) is 0 Å². The van der Waals surface area contributed by atoms with Gasteiger partial charge < -0.3 is 0 Å².